The van der Waals surface area contributed by atoms with E-state index < -0.39 is 10.0 Å². The first-order valence-electron chi connectivity index (χ1n) is 9.76. The molecule has 0 aromatic heterocycles. The number of methoxy groups -OCH3 is 2. The van der Waals surface area contributed by atoms with Crippen LogP contribution >= 0.6 is 0 Å². The number of hydrogen-bond donors (Lipinski definition) is 3. The van der Waals surface area contributed by atoms with E-state index in [-0.39, 0.29) is 29.7 Å². The Hall–Kier alpha value is -3.11. The van der Waals surface area contributed by atoms with Crippen molar-refractivity contribution in [2.75, 3.05) is 31.4 Å². The van der Waals surface area contributed by atoms with E-state index in [0.29, 0.717) is 42.1 Å². The molecule has 2 amide bonds. The van der Waals surface area contributed by atoms with Gasteiger partial charge in [-0.15, -0.1) is 0 Å². The lowest BCUT2D eigenvalue weighted by atomic mass is 10.1. The lowest BCUT2D eigenvalue weighted by Gasteiger charge is -2.13. The van der Waals surface area contributed by atoms with Crippen LogP contribution in [0.3, 0.4) is 0 Å². The minimum Gasteiger partial charge on any atom is -0.497 e. The maximum atomic E-state index is 12.6. The Morgan fingerprint density at radius 1 is 1.10 bits per heavy atom. The summed E-state index contributed by atoms with van der Waals surface area (Å²) in [5.41, 5.74) is 1.84. The fourth-order valence-corrected chi connectivity index (χ4v) is 4.31. The maximum Gasteiger partial charge on any atom is 0.240 e. The summed E-state index contributed by atoms with van der Waals surface area (Å²) in [5.74, 6) is 0.563. The molecule has 0 aliphatic carbocycles. The molecule has 0 unspecified atom stereocenters. The molecule has 0 fully saturated rings. The second kappa shape index (κ2) is 9.80. The molecule has 0 atom stereocenters. The van der Waals surface area contributed by atoms with Gasteiger partial charge in [-0.25, -0.2) is 13.1 Å². The minimum absolute atomic E-state index is 0.0689. The molecule has 10 heteroatoms. The molecule has 2 aromatic rings. The van der Waals surface area contributed by atoms with Crippen LogP contribution in [0.25, 0.3) is 0 Å². The Bertz CT molecular complexity index is 1080. The van der Waals surface area contributed by atoms with E-state index >= 15 is 0 Å². The number of benzene rings is 2. The van der Waals surface area contributed by atoms with Gasteiger partial charge in [0.25, 0.3) is 0 Å². The summed E-state index contributed by atoms with van der Waals surface area (Å²) in [6, 6.07) is 9.58. The molecule has 1 heterocycles. The molecule has 3 N–H and O–H groups in total. The summed E-state index contributed by atoms with van der Waals surface area (Å²) in [6.45, 7) is -0.0751. The lowest BCUT2D eigenvalue weighted by Crippen LogP contribution is -2.28. The van der Waals surface area contributed by atoms with E-state index in [2.05, 4.69) is 15.4 Å². The third kappa shape index (κ3) is 5.74. The van der Waals surface area contributed by atoms with E-state index in [1.165, 1.54) is 20.3 Å². The lowest BCUT2D eigenvalue weighted by molar-refractivity contribution is -0.117. The summed E-state index contributed by atoms with van der Waals surface area (Å²) in [7, 11) is -0.802. The number of carbonyl (C=O) groups excluding carboxylic acids is 2. The van der Waals surface area contributed by atoms with Gasteiger partial charge < -0.3 is 20.1 Å². The van der Waals surface area contributed by atoms with Crippen molar-refractivity contribution in [2.45, 2.75) is 30.6 Å². The second-order valence-corrected chi connectivity index (χ2v) is 8.75. The highest BCUT2D eigenvalue weighted by Crippen LogP contribution is 2.29. The smallest absolute Gasteiger partial charge is 0.240 e. The SMILES string of the molecule is COc1ccc(OC)c(NC(=O)CCNS(=O)(=O)c2ccc3c(c2)CCCC(=O)N3)c1. The van der Waals surface area contributed by atoms with Crippen LogP contribution < -0.4 is 24.8 Å². The number of rotatable bonds is 8. The Morgan fingerprint density at radius 2 is 1.90 bits per heavy atom. The Balaban J connectivity index is 1.60. The van der Waals surface area contributed by atoms with Gasteiger partial charge in [0.15, 0.2) is 0 Å². The van der Waals surface area contributed by atoms with E-state index in [4.69, 9.17) is 9.47 Å². The van der Waals surface area contributed by atoms with Crippen LogP contribution in [0.5, 0.6) is 11.5 Å². The Kier molecular flexibility index (Phi) is 7.13. The molecular weight excluding hydrogens is 422 g/mol. The zero-order valence-electron chi connectivity index (χ0n) is 17.4. The van der Waals surface area contributed by atoms with Gasteiger partial charge in [0.2, 0.25) is 21.8 Å². The van der Waals surface area contributed by atoms with Gasteiger partial charge >= 0.3 is 0 Å². The van der Waals surface area contributed by atoms with E-state index in [1.54, 1.807) is 30.3 Å². The number of amides is 2. The highest BCUT2D eigenvalue weighted by Gasteiger charge is 2.19. The molecule has 0 spiro atoms. The van der Waals surface area contributed by atoms with Crippen molar-refractivity contribution in [3.8, 4) is 11.5 Å². The summed E-state index contributed by atoms with van der Waals surface area (Å²) >= 11 is 0. The Labute approximate surface area is 181 Å². The number of sulfonamides is 1. The quantitative estimate of drug-likeness (QED) is 0.571. The Morgan fingerprint density at radius 3 is 2.65 bits per heavy atom. The topological polar surface area (TPSA) is 123 Å². The number of ether oxygens (including phenoxy) is 2. The predicted octanol–water partition coefficient (Wildman–Crippen LogP) is 2.29. The van der Waals surface area contributed by atoms with E-state index in [1.807, 2.05) is 0 Å². The van der Waals surface area contributed by atoms with E-state index in [9.17, 15) is 18.0 Å². The monoisotopic (exact) mass is 447 g/mol. The van der Waals surface area contributed by atoms with Crippen LogP contribution in [0.1, 0.15) is 24.8 Å². The molecule has 166 valence electrons. The van der Waals surface area contributed by atoms with Gasteiger partial charge in [0.05, 0.1) is 24.8 Å². The van der Waals surface area contributed by atoms with Gasteiger partial charge in [0, 0.05) is 31.1 Å². The maximum absolute atomic E-state index is 12.6. The summed E-state index contributed by atoms with van der Waals surface area (Å²) < 4.78 is 38.1. The molecule has 9 nitrogen and oxygen atoms in total. The number of anilines is 2. The fourth-order valence-electron chi connectivity index (χ4n) is 3.22. The first-order valence-corrected chi connectivity index (χ1v) is 11.2. The highest BCUT2D eigenvalue weighted by molar-refractivity contribution is 7.89. The molecular formula is C21H25N3O6S. The van der Waals surface area contributed by atoms with Crippen LogP contribution in [0.2, 0.25) is 0 Å². The second-order valence-electron chi connectivity index (χ2n) is 6.98. The molecule has 2 aromatic carbocycles. The normalized spacial score (nSPS) is 13.5. The number of aryl methyl sites for hydroxylation is 1. The van der Waals surface area contributed by atoms with Crippen molar-refractivity contribution >= 4 is 33.2 Å². The molecule has 1 aliphatic heterocycles. The number of carbonyl (C=O) groups is 2. The summed E-state index contributed by atoms with van der Waals surface area (Å²) in [4.78, 5) is 24.0. The summed E-state index contributed by atoms with van der Waals surface area (Å²) in [6.07, 6.45) is 1.61. The molecule has 0 saturated heterocycles. The first-order chi connectivity index (χ1) is 14.8. The van der Waals surface area contributed by atoms with Crippen LogP contribution in [0.4, 0.5) is 11.4 Å². The van der Waals surface area contributed by atoms with Crippen molar-refractivity contribution in [2.24, 2.45) is 0 Å². The van der Waals surface area contributed by atoms with Crippen molar-refractivity contribution in [3.63, 3.8) is 0 Å². The third-order valence-corrected chi connectivity index (χ3v) is 6.29. The van der Waals surface area contributed by atoms with Crippen LogP contribution in [0, 0.1) is 0 Å². The summed E-state index contributed by atoms with van der Waals surface area (Å²) in [5, 5.41) is 5.47. The number of nitrogens with one attached hydrogen (secondary N) is 3. The molecule has 0 bridgehead atoms. The van der Waals surface area contributed by atoms with Crippen molar-refractivity contribution < 1.29 is 27.5 Å². The number of fused-ring (bicyclic) bond motifs is 1. The number of hydrogen-bond acceptors (Lipinski definition) is 6. The molecule has 31 heavy (non-hydrogen) atoms. The third-order valence-electron chi connectivity index (χ3n) is 4.84. The van der Waals surface area contributed by atoms with Crippen LogP contribution in [-0.4, -0.2) is 41.0 Å². The zero-order chi connectivity index (χ0) is 22.4. The molecule has 1 aliphatic rings. The molecule has 3 rings (SSSR count). The van der Waals surface area contributed by atoms with E-state index in [0.717, 1.165) is 5.56 Å². The van der Waals surface area contributed by atoms with Gasteiger partial charge in [0.1, 0.15) is 11.5 Å². The zero-order valence-corrected chi connectivity index (χ0v) is 18.2. The standard InChI is InChI=1S/C21H25N3O6S/c1-29-15-6-9-19(30-2)18(13-15)24-21(26)10-11-22-31(27,28)16-7-8-17-14(12-16)4-3-5-20(25)23-17/h6-9,12-13,22H,3-5,10-11H2,1-2H3,(H,23,25)(H,24,26). The largest absolute Gasteiger partial charge is 0.497 e. The van der Waals surface area contributed by atoms with Crippen molar-refractivity contribution in [1.82, 2.24) is 4.72 Å². The van der Waals surface area contributed by atoms with Gasteiger partial charge in [-0.3, -0.25) is 9.59 Å². The minimum atomic E-state index is -3.80. The predicted molar refractivity (Wildman–Crippen MR) is 116 cm³/mol. The highest BCUT2D eigenvalue weighted by atomic mass is 32.2. The first kappa shape index (κ1) is 22.6. The van der Waals surface area contributed by atoms with Crippen LogP contribution in [-0.2, 0) is 26.0 Å². The van der Waals surface area contributed by atoms with Gasteiger partial charge in [-0.1, -0.05) is 0 Å². The average Bonchev–Trinajstić information content (AvgIpc) is 2.93. The van der Waals surface area contributed by atoms with Crippen molar-refractivity contribution in [3.05, 3.63) is 42.0 Å². The van der Waals surface area contributed by atoms with Crippen molar-refractivity contribution in [1.29, 1.82) is 0 Å². The van der Waals surface area contributed by atoms with Crippen LogP contribution in [0.15, 0.2) is 41.3 Å². The molecule has 0 saturated carbocycles. The van der Waals surface area contributed by atoms with Gasteiger partial charge in [-0.05, 0) is 48.7 Å². The van der Waals surface area contributed by atoms with Gasteiger partial charge in [-0.2, -0.15) is 0 Å². The average molecular weight is 448 g/mol. The fraction of sp³-hybridized carbons (Fsp3) is 0.333. The molecule has 0 radical (unpaired) electrons.